The van der Waals surface area contributed by atoms with E-state index in [2.05, 4.69) is 4.98 Å². The lowest BCUT2D eigenvalue weighted by Gasteiger charge is -2.36. The number of amides is 1. The summed E-state index contributed by atoms with van der Waals surface area (Å²) in [6.07, 6.45) is 3.87. The maximum Gasteiger partial charge on any atom is 0.410 e. The van der Waals surface area contributed by atoms with E-state index >= 15 is 0 Å². The van der Waals surface area contributed by atoms with Crippen molar-refractivity contribution in [1.29, 1.82) is 0 Å². The van der Waals surface area contributed by atoms with Gasteiger partial charge in [0, 0.05) is 33.6 Å². The van der Waals surface area contributed by atoms with Crippen LogP contribution in [0, 0.1) is 11.3 Å². The molecule has 0 radical (unpaired) electrons. The van der Waals surface area contributed by atoms with Crippen molar-refractivity contribution in [3.8, 4) is 5.75 Å². The molecule has 1 aliphatic carbocycles. The molecule has 1 amide bonds. The molecule has 2 heterocycles. The number of nitrogens with one attached hydrogen (secondary N) is 1. The predicted molar refractivity (Wildman–Crippen MR) is 138 cm³/mol. The van der Waals surface area contributed by atoms with Gasteiger partial charge in [-0.25, -0.2) is 4.79 Å². The zero-order chi connectivity index (χ0) is 25.3. The van der Waals surface area contributed by atoms with E-state index in [4.69, 9.17) is 21.1 Å². The highest BCUT2D eigenvalue weighted by atomic mass is 35.5. The Bertz CT molecular complexity index is 1220. The number of hydrogen-bond acceptors (Lipinski definition) is 5. The van der Waals surface area contributed by atoms with Gasteiger partial charge in [-0.15, -0.1) is 0 Å². The molecule has 0 spiro atoms. The van der Waals surface area contributed by atoms with Crippen molar-refractivity contribution in [1.82, 2.24) is 9.88 Å². The highest BCUT2D eigenvalue weighted by molar-refractivity contribution is 6.31. The lowest BCUT2D eigenvalue weighted by molar-refractivity contribution is 0.0287. The maximum absolute atomic E-state index is 13.2. The first-order valence-electron chi connectivity index (χ1n) is 12.6. The number of H-pyrrole nitrogens is 1. The minimum atomic E-state index is -0.719. The lowest BCUT2D eigenvalue weighted by Crippen LogP contribution is -2.41. The highest BCUT2D eigenvalue weighted by Gasteiger charge is 2.36. The Hall–Kier alpha value is -2.74. The number of aliphatic hydroxyl groups is 2. The zero-order valence-corrected chi connectivity index (χ0v) is 21.3. The van der Waals surface area contributed by atoms with Crippen molar-refractivity contribution in [3.05, 3.63) is 64.3 Å². The molecule has 1 unspecified atom stereocenters. The number of aromatic nitrogens is 1. The number of aliphatic hydroxyl groups excluding tert-OH is 2. The van der Waals surface area contributed by atoms with Crippen molar-refractivity contribution >= 4 is 28.6 Å². The normalized spacial score (nSPS) is 18.1. The van der Waals surface area contributed by atoms with Crippen LogP contribution in [0.15, 0.2) is 42.5 Å². The fraction of sp³-hybridized carbons (Fsp3) is 0.464. The predicted octanol–water partition coefficient (Wildman–Crippen LogP) is 5.08. The summed E-state index contributed by atoms with van der Waals surface area (Å²) in [4.78, 5) is 18.6. The van der Waals surface area contributed by atoms with Gasteiger partial charge in [-0.3, -0.25) is 4.90 Å². The molecule has 1 aromatic heterocycles. The topological polar surface area (TPSA) is 95.0 Å². The van der Waals surface area contributed by atoms with Gasteiger partial charge in [-0.2, -0.15) is 0 Å². The van der Waals surface area contributed by atoms with E-state index in [0.717, 1.165) is 35.0 Å². The number of fused-ring (bicyclic) bond motifs is 3. The standard InChI is InChI=1S/C28H33ClN2O5/c1-28(15-32,16-33)17-36-21-8-5-19(6-9-21)26-25-22(23-13-20(29)7-10-24(23)30-25)11-12-31(26)27(34)35-14-18-3-2-4-18/h5-10,13,18,26,30,32-33H,2-4,11-12,14-17H2,1H3. The number of ether oxygens (including phenoxy) is 2. The van der Waals surface area contributed by atoms with E-state index in [-0.39, 0.29) is 32.0 Å². The smallest absolute Gasteiger partial charge is 0.410 e. The van der Waals surface area contributed by atoms with Crippen LogP contribution in [0.4, 0.5) is 4.79 Å². The molecule has 3 aromatic rings. The molecule has 5 rings (SSSR count). The fourth-order valence-electron chi connectivity index (χ4n) is 4.88. The quantitative estimate of drug-likeness (QED) is 0.391. The number of benzene rings is 2. The summed E-state index contributed by atoms with van der Waals surface area (Å²) in [5.41, 5.74) is 3.35. The van der Waals surface area contributed by atoms with Gasteiger partial charge < -0.3 is 24.7 Å². The first-order chi connectivity index (χ1) is 17.4. The second kappa shape index (κ2) is 10.3. The molecule has 7 nitrogen and oxygen atoms in total. The van der Waals surface area contributed by atoms with Gasteiger partial charge in [0.1, 0.15) is 11.8 Å². The Kier molecular flexibility index (Phi) is 7.15. The van der Waals surface area contributed by atoms with E-state index in [9.17, 15) is 15.0 Å². The lowest BCUT2D eigenvalue weighted by atomic mass is 9.86. The summed E-state index contributed by atoms with van der Waals surface area (Å²) in [7, 11) is 0. The van der Waals surface area contributed by atoms with Crippen molar-refractivity contribution in [3.63, 3.8) is 0 Å². The molecule has 2 aliphatic rings. The number of aromatic amines is 1. The highest BCUT2D eigenvalue weighted by Crippen LogP contribution is 2.40. The van der Waals surface area contributed by atoms with E-state index in [1.54, 1.807) is 6.92 Å². The first kappa shape index (κ1) is 24.9. The van der Waals surface area contributed by atoms with Crippen molar-refractivity contribution in [2.75, 3.05) is 33.0 Å². The summed E-state index contributed by atoms with van der Waals surface area (Å²) in [5, 5.41) is 20.8. The van der Waals surface area contributed by atoms with E-state index in [1.807, 2.05) is 47.4 Å². The summed E-state index contributed by atoms with van der Waals surface area (Å²) in [6, 6.07) is 13.1. The maximum atomic E-state index is 13.2. The number of halogens is 1. The van der Waals surface area contributed by atoms with E-state index in [0.29, 0.717) is 36.3 Å². The van der Waals surface area contributed by atoms with Crippen molar-refractivity contribution in [2.24, 2.45) is 11.3 Å². The molecule has 1 aliphatic heterocycles. The van der Waals surface area contributed by atoms with Crippen LogP contribution in [0.5, 0.6) is 5.75 Å². The Balaban J connectivity index is 1.44. The minimum absolute atomic E-state index is 0.172. The summed E-state index contributed by atoms with van der Waals surface area (Å²) < 4.78 is 11.6. The van der Waals surface area contributed by atoms with Crippen LogP contribution in [-0.2, 0) is 11.2 Å². The fourth-order valence-corrected chi connectivity index (χ4v) is 5.05. The number of carbonyl (C=O) groups is 1. The van der Waals surface area contributed by atoms with Gasteiger partial charge in [0.25, 0.3) is 0 Å². The average Bonchev–Trinajstić information content (AvgIpc) is 3.24. The Labute approximate surface area is 216 Å². The SMILES string of the molecule is CC(CO)(CO)COc1ccc(C2c3[nH]c4ccc(Cl)cc4c3CCN2C(=O)OCC2CCC2)cc1. The van der Waals surface area contributed by atoms with Gasteiger partial charge in [0.15, 0.2) is 0 Å². The van der Waals surface area contributed by atoms with E-state index < -0.39 is 5.41 Å². The van der Waals surface area contributed by atoms with Crippen LogP contribution in [0.2, 0.25) is 5.02 Å². The molecule has 2 aromatic carbocycles. The van der Waals surface area contributed by atoms with Crippen molar-refractivity contribution in [2.45, 2.75) is 38.6 Å². The largest absolute Gasteiger partial charge is 0.493 e. The molecule has 0 saturated heterocycles. The molecule has 1 saturated carbocycles. The second-order valence-corrected chi connectivity index (χ2v) is 10.8. The van der Waals surface area contributed by atoms with Gasteiger partial charge in [-0.1, -0.05) is 37.1 Å². The third-order valence-electron chi connectivity index (χ3n) is 7.54. The van der Waals surface area contributed by atoms with Gasteiger partial charge in [0.05, 0.1) is 26.4 Å². The van der Waals surface area contributed by atoms with Crippen LogP contribution in [0.1, 0.15) is 49.0 Å². The number of nitrogens with zero attached hydrogens (tertiary/aromatic N) is 1. The third kappa shape index (κ3) is 4.92. The summed E-state index contributed by atoms with van der Waals surface area (Å²) >= 11 is 6.30. The van der Waals surface area contributed by atoms with Crippen LogP contribution in [0.25, 0.3) is 10.9 Å². The summed E-state index contributed by atoms with van der Waals surface area (Å²) in [5.74, 6) is 1.10. The third-order valence-corrected chi connectivity index (χ3v) is 7.77. The van der Waals surface area contributed by atoms with Gasteiger partial charge in [-0.05, 0) is 66.6 Å². The van der Waals surface area contributed by atoms with Crippen LogP contribution < -0.4 is 4.74 Å². The van der Waals surface area contributed by atoms with Gasteiger partial charge in [0.2, 0.25) is 0 Å². The summed E-state index contributed by atoms with van der Waals surface area (Å²) in [6.45, 7) is 2.63. The zero-order valence-electron chi connectivity index (χ0n) is 20.5. The molecule has 3 N–H and O–H groups in total. The number of carbonyl (C=O) groups excluding carboxylic acids is 1. The molecule has 1 atom stereocenters. The molecule has 192 valence electrons. The molecular formula is C28H33ClN2O5. The van der Waals surface area contributed by atoms with Crippen LogP contribution >= 0.6 is 11.6 Å². The molecule has 1 fully saturated rings. The monoisotopic (exact) mass is 512 g/mol. The number of hydrogen-bond donors (Lipinski definition) is 3. The van der Waals surface area contributed by atoms with Crippen molar-refractivity contribution < 1.29 is 24.5 Å². The minimum Gasteiger partial charge on any atom is -0.493 e. The first-order valence-corrected chi connectivity index (χ1v) is 13.0. The molecule has 36 heavy (non-hydrogen) atoms. The van der Waals surface area contributed by atoms with Gasteiger partial charge >= 0.3 is 6.09 Å². The second-order valence-electron chi connectivity index (χ2n) is 10.4. The Morgan fingerprint density at radius 3 is 2.58 bits per heavy atom. The molecule has 8 heteroatoms. The Morgan fingerprint density at radius 1 is 1.17 bits per heavy atom. The Morgan fingerprint density at radius 2 is 1.92 bits per heavy atom. The molecule has 0 bridgehead atoms. The molecular weight excluding hydrogens is 480 g/mol. The van der Waals surface area contributed by atoms with Crippen LogP contribution in [0.3, 0.4) is 0 Å². The van der Waals surface area contributed by atoms with E-state index in [1.165, 1.54) is 12.0 Å². The van der Waals surface area contributed by atoms with Crippen LogP contribution in [-0.4, -0.2) is 59.2 Å². The number of rotatable bonds is 8. The average molecular weight is 513 g/mol.